The molecule has 0 radical (unpaired) electrons. The lowest BCUT2D eigenvalue weighted by Crippen LogP contribution is -2.32. The van der Waals surface area contributed by atoms with Gasteiger partial charge in [0.15, 0.2) is 5.79 Å². The zero-order valence-corrected chi connectivity index (χ0v) is 5.45. The second-order valence-electron chi connectivity index (χ2n) is 2.09. The third-order valence-electron chi connectivity index (χ3n) is 1.29. The highest BCUT2D eigenvalue weighted by atomic mass is 32.2. The molecule has 48 valence electrons. The molecule has 3 heteroatoms. The summed E-state index contributed by atoms with van der Waals surface area (Å²) in [5.41, 5.74) is 0. The zero-order chi connectivity index (χ0) is 6.04. The van der Waals surface area contributed by atoms with Gasteiger partial charge in [-0.2, -0.15) is 11.8 Å². The molecule has 1 fully saturated rings. The minimum Gasteiger partial charge on any atom is -0.366 e. The Balaban J connectivity index is 2.33. The maximum absolute atomic E-state index is 8.92. The Kier molecular flexibility index (Phi) is 1.80. The van der Waals surface area contributed by atoms with Crippen LogP contribution in [0.25, 0.3) is 0 Å². The van der Waals surface area contributed by atoms with E-state index < -0.39 is 5.79 Å². The number of rotatable bonds is 0. The first-order chi connectivity index (χ1) is 3.71. The van der Waals surface area contributed by atoms with E-state index in [1.54, 1.807) is 11.8 Å². The van der Waals surface area contributed by atoms with Crippen molar-refractivity contribution in [2.24, 2.45) is 0 Å². The first kappa shape index (κ1) is 6.39. The van der Waals surface area contributed by atoms with Crippen LogP contribution in [0.15, 0.2) is 0 Å². The lowest BCUT2D eigenvalue weighted by Gasteiger charge is -2.25. The van der Waals surface area contributed by atoms with Gasteiger partial charge in [-0.05, 0) is 11.5 Å². The van der Waals surface area contributed by atoms with Crippen LogP contribution in [0.4, 0.5) is 0 Å². The Morgan fingerprint density at radius 3 is 1.88 bits per heavy atom. The SMILES string of the molecule is OC1(O)CCSCC1. The molecule has 1 rings (SSSR count). The van der Waals surface area contributed by atoms with Gasteiger partial charge in [0, 0.05) is 12.8 Å². The third-order valence-corrected chi connectivity index (χ3v) is 2.28. The minimum atomic E-state index is -1.34. The van der Waals surface area contributed by atoms with Crippen LogP contribution in [0.5, 0.6) is 0 Å². The second kappa shape index (κ2) is 2.25. The van der Waals surface area contributed by atoms with E-state index in [2.05, 4.69) is 0 Å². The Bertz CT molecular complexity index is 74.5. The molecule has 0 unspecified atom stereocenters. The van der Waals surface area contributed by atoms with Crippen molar-refractivity contribution in [3.63, 3.8) is 0 Å². The molecular weight excluding hydrogens is 124 g/mol. The molecule has 0 bridgehead atoms. The van der Waals surface area contributed by atoms with Crippen LogP contribution in [0.2, 0.25) is 0 Å². The Labute approximate surface area is 52.9 Å². The lowest BCUT2D eigenvalue weighted by atomic mass is 10.1. The maximum Gasteiger partial charge on any atom is 0.164 e. The highest BCUT2D eigenvalue weighted by Gasteiger charge is 2.25. The maximum atomic E-state index is 8.92. The van der Waals surface area contributed by atoms with Crippen LogP contribution in [-0.4, -0.2) is 27.5 Å². The molecule has 0 amide bonds. The normalized spacial score (nSPS) is 27.8. The van der Waals surface area contributed by atoms with Crippen molar-refractivity contribution >= 4 is 11.8 Å². The van der Waals surface area contributed by atoms with E-state index in [0.717, 1.165) is 11.5 Å². The van der Waals surface area contributed by atoms with Crippen molar-refractivity contribution < 1.29 is 10.2 Å². The monoisotopic (exact) mass is 134 g/mol. The molecule has 2 nitrogen and oxygen atoms in total. The largest absolute Gasteiger partial charge is 0.366 e. The fourth-order valence-corrected chi connectivity index (χ4v) is 1.84. The predicted molar refractivity (Wildman–Crippen MR) is 33.7 cm³/mol. The third kappa shape index (κ3) is 1.65. The van der Waals surface area contributed by atoms with Crippen LogP contribution < -0.4 is 0 Å². The van der Waals surface area contributed by atoms with Crippen molar-refractivity contribution in [1.29, 1.82) is 0 Å². The van der Waals surface area contributed by atoms with E-state index in [9.17, 15) is 0 Å². The minimum absolute atomic E-state index is 0.525. The Morgan fingerprint density at radius 2 is 1.62 bits per heavy atom. The molecule has 0 saturated carbocycles. The Morgan fingerprint density at radius 1 is 1.12 bits per heavy atom. The van der Waals surface area contributed by atoms with E-state index in [0.29, 0.717) is 12.8 Å². The topological polar surface area (TPSA) is 40.5 Å². The number of hydrogen-bond donors (Lipinski definition) is 2. The molecule has 1 saturated heterocycles. The van der Waals surface area contributed by atoms with Crippen molar-refractivity contribution in [2.75, 3.05) is 11.5 Å². The molecule has 2 N–H and O–H groups in total. The van der Waals surface area contributed by atoms with Crippen molar-refractivity contribution in [2.45, 2.75) is 18.6 Å². The highest BCUT2D eigenvalue weighted by Crippen LogP contribution is 2.23. The van der Waals surface area contributed by atoms with Crippen LogP contribution in [-0.2, 0) is 0 Å². The van der Waals surface area contributed by atoms with Gasteiger partial charge >= 0.3 is 0 Å². The van der Waals surface area contributed by atoms with Crippen LogP contribution in [0, 0.1) is 0 Å². The quantitative estimate of drug-likeness (QED) is 0.465. The predicted octanol–water partition coefficient (Wildman–Crippen LogP) is 0.194. The van der Waals surface area contributed by atoms with Crippen LogP contribution >= 0.6 is 11.8 Å². The van der Waals surface area contributed by atoms with Gasteiger partial charge in [0.2, 0.25) is 0 Å². The van der Waals surface area contributed by atoms with Gasteiger partial charge in [-0.1, -0.05) is 0 Å². The molecule has 1 aliphatic heterocycles. The van der Waals surface area contributed by atoms with Gasteiger partial charge in [0.1, 0.15) is 0 Å². The molecule has 0 aromatic rings. The molecular formula is C5H10O2S. The summed E-state index contributed by atoms with van der Waals surface area (Å²) in [7, 11) is 0. The molecule has 0 aromatic heterocycles. The summed E-state index contributed by atoms with van der Waals surface area (Å²) in [6.07, 6.45) is 1.05. The van der Waals surface area contributed by atoms with Crippen molar-refractivity contribution in [1.82, 2.24) is 0 Å². The molecule has 0 aliphatic carbocycles. The molecule has 0 spiro atoms. The smallest absolute Gasteiger partial charge is 0.164 e. The fourth-order valence-electron chi connectivity index (χ4n) is 0.698. The van der Waals surface area contributed by atoms with E-state index in [-0.39, 0.29) is 0 Å². The summed E-state index contributed by atoms with van der Waals surface area (Å²) in [6.45, 7) is 0. The summed E-state index contributed by atoms with van der Waals surface area (Å²) >= 11 is 1.78. The van der Waals surface area contributed by atoms with Gasteiger partial charge in [0.25, 0.3) is 0 Å². The van der Waals surface area contributed by atoms with Crippen LogP contribution in [0.3, 0.4) is 0 Å². The average Bonchev–Trinajstić information content (AvgIpc) is 1.65. The fraction of sp³-hybridized carbons (Fsp3) is 1.00. The molecule has 0 atom stereocenters. The first-order valence-corrected chi connectivity index (χ1v) is 3.89. The van der Waals surface area contributed by atoms with Crippen molar-refractivity contribution in [3.05, 3.63) is 0 Å². The van der Waals surface area contributed by atoms with Gasteiger partial charge < -0.3 is 10.2 Å². The highest BCUT2D eigenvalue weighted by molar-refractivity contribution is 7.99. The van der Waals surface area contributed by atoms with Gasteiger partial charge in [-0.3, -0.25) is 0 Å². The number of aliphatic hydroxyl groups is 2. The number of thioether (sulfide) groups is 1. The van der Waals surface area contributed by atoms with E-state index in [4.69, 9.17) is 10.2 Å². The first-order valence-electron chi connectivity index (χ1n) is 2.73. The summed E-state index contributed by atoms with van der Waals surface area (Å²) in [5.74, 6) is 0.422. The van der Waals surface area contributed by atoms with Gasteiger partial charge in [-0.15, -0.1) is 0 Å². The standard InChI is InChI=1S/C5H10O2S/c6-5(7)1-3-8-4-2-5/h6-7H,1-4H2. The molecule has 0 aromatic carbocycles. The van der Waals surface area contributed by atoms with E-state index in [1.807, 2.05) is 0 Å². The molecule has 1 heterocycles. The van der Waals surface area contributed by atoms with Crippen LogP contribution in [0.1, 0.15) is 12.8 Å². The Hall–Kier alpha value is 0.270. The summed E-state index contributed by atoms with van der Waals surface area (Å²) in [5, 5.41) is 17.8. The van der Waals surface area contributed by atoms with E-state index >= 15 is 0 Å². The molecule has 1 aliphatic rings. The van der Waals surface area contributed by atoms with Crippen molar-refractivity contribution in [3.8, 4) is 0 Å². The summed E-state index contributed by atoms with van der Waals surface area (Å²) in [4.78, 5) is 0. The molecule has 8 heavy (non-hydrogen) atoms. The van der Waals surface area contributed by atoms with Gasteiger partial charge in [0.05, 0.1) is 0 Å². The van der Waals surface area contributed by atoms with E-state index in [1.165, 1.54) is 0 Å². The summed E-state index contributed by atoms with van der Waals surface area (Å²) in [6, 6.07) is 0. The lowest BCUT2D eigenvalue weighted by molar-refractivity contribution is -0.163. The zero-order valence-electron chi connectivity index (χ0n) is 4.63. The summed E-state index contributed by atoms with van der Waals surface area (Å²) < 4.78 is 0. The average molecular weight is 134 g/mol. The number of hydrogen-bond acceptors (Lipinski definition) is 3. The second-order valence-corrected chi connectivity index (χ2v) is 3.32. The van der Waals surface area contributed by atoms with Gasteiger partial charge in [-0.25, -0.2) is 0 Å².